The molecule has 118 valence electrons. The summed E-state index contributed by atoms with van der Waals surface area (Å²) < 4.78 is 5.48. The molecular formula is C14H23N3O4. The highest BCUT2D eigenvalue weighted by Crippen LogP contribution is 2.33. The van der Waals surface area contributed by atoms with Crippen LogP contribution in [0.3, 0.4) is 0 Å². The van der Waals surface area contributed by atoms with Crippen molar-refractivity contribution in [3.05, 3.63) is 11.4 Å². The second-order valence-corrected chi connectivity index (χ2v) is 6.64. The van der Waals surface area contributed by atoms with Crippen LogP contribution in [0.2, 0.25) is 0 Å². The van der Waals surface area contributed by atoms with Crippen LogP contribution in [0.15, 0.2) is 11.4 Å². The van der Waals surface area contributed by atoms with Crippen molar-refractivity contribution < 1.29 is 19.4 Å². The summed E-state index contributed by atoms with van der Waals surface area (Å²) in [5, 5.41) is 12.2. The Morgan fingerprint density at radius 2 is 2.00 bits per heavy atom. The molecule has 1 unspecified atom stereocenters. The average molecular weight is 297 g/mol. The number of likely N-dealkylation sites (N-methyl/N-ethyl adjacent to an activating group) is 1. The molecule has 0 saturated heterocycles. The Hall–Kier alpha value is -1.92. The predicted molar refractivity (Wildman–Crippen MR) is 76.4 cm³/mol. The van der Waals surface area contributed by atoms with Crippen molar-refractivity contribution in [2.24, 2.45) is 0 Å². The minimum Gasteiger partial charge on any atom is -0.465 e. The van der Waals surface area contributed by atoms with Gasteiger partial charge in [0.15, 0.2) is 0 Å². The number of esters is 1. The van der Waals surface area contributed by atoms with Crippen LogP contribution in [0.1, 0.15) is 34.1 Å². The van der Waals surface area contributed by atoms with Crippen LogP contribution in [-0.2, 0) is 9.53 Å². The van der Waals surface area contributed by atoms with Gasteiger partial charge in [0.05, 0.1) is 12.2 Å². The Kier molecular flexibility index (Phi) is 3.55. The summed E-state index contributed by atoms with van der Waals surface area (Å²) >= 11 is 0. The Labute approximate surface area is 124 Å². The van der Waals surface area contributed by atoms with Gasteiger partial charge >= 0.3 is 12.1 Å². The van der Waals surface area contributed by atoms with Crippen LogP contribution in [0.25, 0.3) is 0 Å². The van der Waals surface area contributed by atoms with Gasteiger partial charge in [0.2, 0.25) is 5.66 Å². The van der Waals surface area contributed by atoms with Gasteiger partial charge in [-0.25, -0.2) is 9.59 Å². The molecule has 7 heteroatoms. The molecule has 2 aliphatic heterocycles. The molecule has 0 aromatic carbocycles. The molecule has 1 amide bonds. The number of ether oxygens (including phenoxy) is 1. The van der Waals surface area contributed by atoms with Crippen LogP contribution in [0.4, 0.5) is 4.79 Å². The fourth-order valence-electron chi connectivity index (χ4n) is 2.61. The van der Waals surface area contributed by atoms with Crippen molar-refractivity contribution in [3.63, 3.8) is 0 Å². The second kappa shape index (κ2) is 4.82. The Morgan fingerprint density at radius 1 is 1.38 bits per heavy atom. The van der Waals surface area contributed by atoms with Gasteiger partial charge in [-0.1, -0.05) is 0 Å². The molecule has 21 heavy (non-hydrogen) atoms. The van der Waals surface area contributed by atoms with E-state index in [0.29, 0.717) is 13.0 Å². The summed E-state index contributed by atoms with van der Waals surface area (Å²) in [4.78, 5) is 26.7. The lowest BCUT2D eigenvalue weighted by atomic mass is 10.1. The number of rotatable bonds is 1. The summed E-state index contributed by atoms with van der Waals surface area (Å²) in [6, 6.07) is 0. The number of carboxylic acid groups (broad SMARTS) is 1. The van der Waals surface area contributed by atoms with Gasteiger partial charge in [-0.05, 0) is 27.7 Å². The number of carbonyl (C=O) groups is 2. The van der Waals surface area contributed by atoms with Crippen molar-refractivity contribution >= 4 is 12.1 Å². The van der Waals surface area contributed by atoms with Gasteiger partial charge < -0.3 is 25.0 Å². The van der Waals surface area contributed by atoms with Gasteiger partial charge in [-0.15, -0.1) is 0 Å². The topological polar surface area (TPSA) is 82.1 Å². The number of carbonyl (C=O) groups excluding carboxylic acids is 1. The molecule has 0 fully saturated rings. The van der Waals surface area contributed by atoms with Crippen LogP contribution < -0.4 is 5.32 Å². The number of amides is 1. The molecule has 0 bridgehead atoms. The lowest BCUT2D eigenvalue weighted by Crippen LogP contribution is -2.57. The standard InChI is InChI=1S/C14H23N3O4/c1-13(2,3)21-11(18)14(4)15-9-8-17(12(19)20)7-6-10(9)16(14)5/h15H,6-8H2,1-5H3,(H,19,20). The van der Waals surface area contributed by atoms with E-state index in [0.717, 1.165) is 11.4 Å². The smallest absolute Gasteiger partial charge is 0.407 e. The molecular weight excluding hydrogens is 274 g/mol. The number of hydrogen-bond acceptors (Lipinski definition) is 5. The van der Waals surface area contributed by atoms with E-state index in [-0.39, 0.29) is 12.5 Å². The van der Waals surface area contributed by atoms with E-state index < -0.39 is 17.4 Å². The Bertz CT molecular complexity index is 509. The van der Waals surface area contributed by atoms with Crippen molar-refractivity contribution in [1.82, 2.24) is 15.1 Å². The van der Waals surface area contributed by atoms with Crippen molar-refractivity contribution in [2.45, 2.75) is 45.4 Å². The molecule has 2 N–H and O–H groups in total. The highest BCUT2D eigenvalue weighted by atomic mass is 16.6. The van der Waals surface area contributed by atoms with Crippen LogP contribution in [0.5, 0.6) is 0 Å². The largest absolute Gasteiger partial charge is 0.465 e. The average Bonchev–Trinajstić information content (AvgIpc) is 2.60. The second-order valence-electron chi connectivity index (χ2n) is 6.64. The first-order chi connectivity index (χ1) is 9.54. The predicted octanol–water partition coefficient (Wildman–Crippen LogP) is 1.17. The molecule has 0 spiro atoms. The van der Waals surface area contributed by atoms with E-state index in [2.05, 4.69) is 5.32 Å². The number of nitrogens with one attached hydrogen (secondary N) is 1. The zero-order valence-corrected chi connectivity index (χ0v) is 13.2. The quantitative estimate of drug-likeness (QED) is 0.707. The summed E-state index contributed by atoms with van der Waals surface area (Å²) in [7, 11) is 1.83. The molecule has 0 radical (unpaired) electrons. The normalized spacial score (nSPS) is 25.6. The maximum Gasteiger partial charge on any atom is 0.407 e. The summed E-state index contributed by atoms with van der Waals surface area (Å²) in [6.45, 7) is 7.93. The Morgan fingerprint density at radius 3 is 2.52 bits per heavy atom. The third kappa shape index (κ3) is 2.77. The highest BCUT2D eigenvalue weighted by molar-refractivity contribution is 5.82. The van der Waals surface area contributed by atoms with E-state index in [4.69, 9.17) is 9.84 Å². The van der Waals surface area contributed by atoms with Crippen LogP contribution in [-0.4, -0.2) is 58.4 Å². The first-order valence-electron chi connectivity index (χ1n) is 7.00. The third-order valence-corrected chi connectivity index (χ3v) is 3.85. The van der Waals surface area contributed by atoms with Gasteiger partial charge in [0.25, 0.3) is 0 Å². The van der Waals surface area contributed by atoms with Gasteiger partial charge in [0.1, 0.15) is 5.60 Å². The van der Waals surface area contributed by atoms with E-state index in [1.807, 2.05) is 32.7 Å². The highest BCUT2D eigenvalue weighted by Gasteiger charge is 2.48. The molecule has 2 heterocycles. The third-order valence-electron chi connectivity index (χ3n) is 3.85. The molecule has 0 aromatic rings. The van der Waals surface area contributed by atoms with E-state index >= 15 is 0 Å². The monoisotopic (exact) mass is 297 g/mol. The maximum atomic E-state index is 12.5. The fourth-order valence-corrected chi connectivity index (χ4v) is 2.61. The van der Waals surface area contributed by atoms with Gasteiger partial charge in [-0.2, -0.15) is 0 Å². The molecule has 1 atom stereocenters. The molecule has 2 aliphatic rings. The maximum absolute atomic E-state index is 12.5. The van der Waals surface area contributed by atoms with E-state index in [1.165, 1.54) is 4.90 Å². The lowest BCUT2D eigenvalue weighted by Gasteiger charge is -2.35. The molecule has 0 aliphatic carbocycles. The molecule has 0 aromatic heterocycles. The fraction of sp³-hybridized carbons (Fsp3) is 0.714. The van der Waals surface area contributed by atoms with Crippen molar-refractivity contribution in [2.75, 3.05) is 20.1 Å². The first-order valence-corrected chi connectivity index (χ1v) is 7.00. The molecule has 0 saturated carbocycles. The van der Waals surface area contributed by atoms with E-state index in [9.17, 15) is 9.59 Å². The van der Waals surface area contributed by atoms with Crippen LogP contribution >= 0.6 is 0 Å². The number of nitrogens with zero attached hydrogens (tertiary/aromatic N) is 2. The minimum absolute atomic E-state index is 0.271. The van der Waals surface area contributed by atoms with Gasteiger partial charge in [-0.3, -0.25) is 0 Å². The minimum atomic E-state index is -0.994. The summed E-state index contributed by atoms with van der Waals surface area (Å²) in [5.41, 5.74) is 0.186. The molecule has 7 nitrogen and oxygen atoms in total. The zero-order chi connectivity index (χ0) is 16.0. The summed E-state index contributed by atoms with van der Waals surface area (Å²) in [5.74, 6) is -0.367. The van der Waals surface area contributed by atoms with Crippen molar-refractivity contribution in [1.29, 1.82) is 0 Å². The summed E-state index contributed by atoms with van der Waals surface area (Å²) in [6.07, 6.45) is -0.361. The zero-order valence-electron chi connectivity index (χ0n) is 13.2. The number of hydrogen-bond donors (Lipinski definition) is 2. The van der Waals surface area contributed by atoms with Gasteiger partial charge in [0, 0.05) is 25.7 Å². The van der Waals surface area contributed by atoms with Crippen LogP contribution in [0, 0.1) is 0 Å². The van der Waals surface area contributed by atoms with E-state index in [1.54, 1.807) is 6.92 Å². The SMILES string of the molecule is CN1C2=C(CN(C(=O)O)CC2)NC1(C)C(=O)OC(C)(C)C. The lowest BCUT2D eigenvalue weighted by molar-refractivity contribution is -0.167. The van der Waals surface area contributed by atoms with Crippen molar-refractivity contribution in [3.8, 4) is 0 Å². The Balaban J connectivity index is 2.17. The first kappa shape index (κ1) is 15.5. The molecule has 2 rings (SSSR count).